The largest absolute Gasteiger partial charge is 0.463 e. The highest BCUT2D eigenvalue weighted by molar-refractivity contribution is 5.98. The number of amides is 2. The topological polar surface area (TPSA) is 112 Å². The zero-order chi connectivity index (χ0) is 22.4. The number of carbonyl (C=O) groups excluding carboxylic acids is 3. The van der Waals surface area contributed by atoms with E-state index < -0.39 is 24.0 Å². The van der Waals surface area contributed by atoms with E-state index in [0.29, 0.717) is 5.69 Å². The van der Waals surface area contributed by atoms with Gasteiger partial charge < -0.3 is 20.1 Å². The molecule has 0 fully saturated rings. The Bertz CT molecular complexity index is 1110. The van der Waals surface area contributed by atoms with E-state index in [1.54, 1.807) is 29.9 Å². The Labute approximate surface area is 179 Å². The molecule has 0 unspecified atom stereocenters. The predicted octanol–water partition coefficient (Wildman–Crippen LogP) is 2.95. The quantitative estimate of drug-likeness (QED) is 0.564. The predicted molar refractivity (Wildman–Crippen MR) is 115 cm³/mol. The van der Waals surface area contributed by atoms with Crippen molar-refractivity contribution in [2.24, 2.45) is 0 Å². The molecule has 0 spiro atoms. The van der Waals surface area contributed by atoms with Crippen LogP contribution in [0.1, 0.15) is 19.4 Å². The van der Waals surface area contributed by atoms with E-state index >= 15 is 0 Å². The molecule has 9 heteroatoms. The maximum Gasteiger partial charge on any atom is 0.407 e. The number of hydrogen-bond acceptors (Lipinski definition) is 6. The minimum absolute atomic E-state index is 0.146. The zero-order valence-electron chi connectivity index (χ0n) is 17.5. The molecule has 2 aromatic carbocycles. The molecule has 0 saturated carbocycles. The van der Waals surface area contributed by atoms with Gasteiger partial charge in [-0.05, 0) is 49.7 Å². The second-order valence-corrected chi connectivity index (χ2v) is 6.88. The molecular formula is C22H24N4O5. The third-order valence-corrected chi connectivity index (χ3v) is 4.42. The average molecular weight is 424 g/mol. The van der Waals surface area contributed by atoms with Crippen molar-refractivity contribution in [1.82, 2.24) is 15.1 Å². The molecule has 3 rings (SSSR count). The number of nitrogens with one attached hydrogen (secondary N) is 2. The van der Waals surface area contributed by atoms with E-state index in [9.17, 15) is 14.4 Å². The van der Waals surface area contributed by atoms with Crippen LogP contribution in [-0.2, 0) is 19.1 Å². The molecule has 0 aliphatic rings. The number of benzene rings is 2. The number of fused-ring (bicyclic) bond motifs is 1. The van der Waals surface area contributed by atoms with E-state index in [2.05, 4.69) is 15.7 Å². The zero-order valence-corrected chi connectivity index (χ0v) is 17.5. The van der Waals surface area contributed by atoms with Crippen LogP contribution < -0.4 is 10.6 Å². The number of aromatic nitrogens is 2. The van der Waals surface area contributed by atoms with E-state index in [-0.39, 0.29) is 13.2 Å². The Hall–Kier alpha value is -3.88. The number of anilines is 1. The Morgan fingerprint density at radius 3 is 2.65 bits per heavy atom. The van der Waals surface area contributed by atoms with Crippen LogP contribution in [0.2, 0.25) is 0 Å². The van der Waals surface area contributed by atoms with Crippen LogP contribution >= 0.6 is 0 Å². The van der Waals surface area contributed by atoms with Gasteiger partial charge in [-0.15, -0.1) is 0 Å². The van der Waals surface area contributed by atoms with Crippen LogP contribution in [0.3, 0.4) is 0 Å². The van der Waals surface area contributed by atoms with Gasteiger partial charge in [0.1, 0.15) is 12.6 Å². The van der Waals surface area contributed by atoms with Crippen LogP contribution in [0.4, 0.5) is 10.5 Å². The number of nitrogens with zero attached hydrogens (tertiary/aromatic N) is 2. The van der Waals surface area contributed by atoms with Crippen molar-refractivity contribution in [1.29, 1.82) is 0 Å². The summed E-state index contributed by atoms with van der Waals surface area (Å²) in [5, 5.41) is 10.5. The summed E-state index contributed by atoms with van der Waals surface area (Å²) in [6.45, 7) is 4.70. The highest BCUT2D eigenvalue weighted by Crippen LogP contribution is 2.22. The van der Waals surface area contributed by atoms with Gasteiger partial charge in [-0.3, -0.25) is 9.59 Å². The molecule has 2 amide bonds. The fourth-order valence-corrected chi connectivity index (χ4v) is 2.99. The summed E-state index contributed by atoms with van der Waals surface area (Å²) in [5.41, 5.74) is 3.31. The van der Waals surface area contributed by atoms with Gasteiger partial charge >= 0.3 is 12.1 Å². The molecule has 0 radical (unpaired) electrons. The van der Waals surface area contributed by atoms with Crippen LogP contribution in [0.25, 0.3) is 16.6 Å². The smallest absolute Gasteiger partial charge is 0.407 e. The Morgan fingerprint density at radius 1 is 1.13 bits per heavy atom. The normalized spacial score (nSPS) is 11.6. The lowest BCUT2D eigenvalue weighted by atomic mass is 10.2. The minimum Gasteiger partial charge on any atom is -0.463 e. The lowest BCUT2D eigenvalue weighted by Gasteiger charge is -2.18. The third-order valence-electron chi connectivity index (χ3n) is 4.42. The van der Waals surface area contributed by atoms with Crippen LogP contribution in [-0.4, -0.2) is 47.0 Å². The number of ether oxygens (including phenoxy) is 2. The van der Waals surface area contributed by atoms with Gasteiger partial charge in [0.2, 0.25) is 0 Å². The van der Waals surface area contributed by atoms with E-state index in [1.165, 1.54) is 6.92 Å². The number of hydrogen-bond donors (Lipinski definition) is 2. The van der Waals surface area contributed by atoms with E-state index in [0.717, 1.165) is 22.2 Å². The Kier molecular flexibility index (Phi) is 6.86. The van der Waals surface area contributed by atoms with Crippen molar-refractivity contribution >= 4 is 34.6 Å². The van der Waals surface area contributed by atoms with Crippen LogP contribution in [0.5, 0.6) is 0 Å². The van der Waals surface area contributed by atoms with Crippen molar-refractivity contribution in [3.05, 3.63) is 54.2 Å². The summed E-state index contributed by atoms with van der Waals surface area (Å²) >= 11 is 0. The summed E-state index contributed by atoms with van der Waals surface area (Å²) in [5.74, 6) is -1.11. The van der Waals surface area contributed by atoms with E-state index in [4.69, 9.17) is 9.47 Å². The monoisotopic (exact) mass is 424 g/mol. The average Bonchev–Trinajstić information content (AvgIpc) is 3.14. The summed E-state index contributed by atoms with van der Waals surface area (Å²) in [7, 11) is 0. The molecule has 1 atom stereocenters. The molecule has 31 heavy (non-hydrogen) atoms. The third kappa shape index (κ3) is 5.59. The molecule has 0 aliphatic heterocycles. The maximum atomic E-state index is 12.7. The first kappa shape index (κ1) is 21.8. The van der Waals surface area contributed by atoms with Crippen molar-refractivity contribution in [2.75, 3.05) is 18.5 Å². The first-order chi connectivity index (χ1) is 14.9. The molecule has 1 aromatic heterocycles. The summed E-state index contributed by atoms with van der Waals surface area (Å²) in [4.78, 5) is 35.6. The van der Waals surface area contributed by atoms with Gasteiger partial charge in [-0.2, -0.15) is 5.10 Å². The lowest BCUT2D eigenvalue weighted by Crippen LogP contribution is -2.47. The number of aryl methyl sites for hydroxylation is 1. The fourth-order valence-electron chi connectivity index (χ4n) is 2.99. The highest BCUT2D eigenvalue weighted by Gasteiger charge is 2.23. The van der Waals surface area contributed by atoms with Crippen LogP contribution in [0.15, 0.2) is 48.7 Å². The van der Waals surface area contributed by atoms with Crippen molar-refractivity contribution in [3.8, 4) is 5.69 Å². The SMILES string of the molecule is CCOC(=O)N[C@@H](COC(C)=O)C(=O)Nc1ccc2cnn(-c3cccc(C)c3)c2c1. The first-order valence-corrected chi connectivity index (χ1v) is 9.79. The fraction of sp³-hybridized carbons (Fsp3) is 0.273. The second kappa shape index (κ2) is 9.75. The number of carbonyl (C=O) groups is 3. The maximum absolute atomic E-state index is 12.7. The molecule has 162 valence electrons. The molecule has 9 nitrogen and oxygen atoms in total. The molecule has 3 aromatic rings. The molecule has 0 saturated heterocycles. The molecule has 1 heterocycles. The van der Waals surface area contributed by atoms with E-state index in [1.807, 2.05) is 37.3 Å². The minimum atomic E-state index is -1.11. The number of rotatable bonds is 7. The Morgan fingerprint density at radius 2 is 1.94 bits per heavy atom. The van der Waals surface area contributed by atoms with Gasteiger partial charge in [-0.1, -0.05) is 12.1 Å². The van der Waals surface area contributed by atoms with Crippen LogP contribution in [0, 0.1) is 6.92 Å². The molecule has 0 aliphatic carbocycles. The second-order valence-electron chi connectivity index (χ2n) is 6.88. The molecule has 0 bridgehead atoms. The summed E-state index contributed by atoms with van der Waals surface area (Å²) in [6.07, 6.45) is 0.970. The number of alkyl carbamates (subject to hydrolysis) is 1. The molecular weight excluding hydrogens is 400 g/mol. The summed E-state index contributed by atoms with van der Waals surface area (Å²) < 4.78 is 11.5. The van der Waals surface area contributed by atoms with Gasteiger partial charge in [0.05, 0.1) is 24.0 Å². The van der Waals surface area contributed by atoms with Crippen molar-refractivity contribution in [3.63, 3.8) is 0 Å². The van der Waals surface area contributed by atoms with Gasteiger partial charge in [0, 0.05) is 18.0 Å². The first-order valence-electron chi connectivity index (χ1n) is 9.79. The molecule has 2 N–H and O–H groups in total. The highest BCUT2D eigenvalue weighted by atomic mass is 16.6. The van der Waals surface area contributed by atoms with Gasteiger partial charge in [-0.25, -0.2) is 9.48 Å². The lowest BCUT2D eigenvalue weighted by molar-refractivity contribution is -0.142. The van der Waals surface area contributed by atoms with Crippen molar-refractivity contribution in [2.45, 2.75) is 26.8 Å². The van der Waals surface area contributed by atoms with Gasteiger partial charge in [0.25, 0.3) is 5.91 Å². The standard InChI is InChI=1S/C22H24N4O5/c1-4-30-22(29)25-19(13-31-15(3)27)21(28)24-17-9-8-16-12-23-26(20(16)11-17)18-7-5-6-14(2)10-18/h5-12,19H,4,13H2,1-3H3,(H,24,28)(H,25,29)/t19-/m0/s1. The van der Waals surface area contributed by atoms with Gasteiger partial charge in [0.15, 0.2) is 0 Å². The Balaban J connectivity index is 1.83. The summed E-state index contributed by atoms with van der Waals surface area (Å²) in [6, 6.07) is 12.2. The number of esters is 1. The van der Waals surface area contributed by atoms with Crippen molar-refractivity contribution < 1.29 is 23.9 Å².